The van der Waals surface area contributed by atoms with E-state index in [2.05, 4.69) is 42.1 Å². The minimum Gasteiger partial charge on any atom is -0.370 e. The maximum atomic E-state index is 6.06. The molecule has 0 fully saturated rings. The van der Waals surface area contributed by atoms with Crippen LogP contribution >= 0.6 is 11.6 Å². The minimum atomic E-state index is -0.0880. The van der Waals surface area contributed by atoms with Gasteiger partial charge in [-0.3, -0.25) is 0 Å². The lowest BCUT2D eigenvalue weighted by Crippen LogP contribution is -2.17. The summed E-state index contributed by atoms with van der Waals surface area (Å²) >= 11 is 6.06. The third kappa shape index (κ3) is 4.20. The molecule has 0 aromatic carbocycles. The second-order valence-corrected chi connectivity index (χ2v) is 6.47. The first-order valence-corrected chi connectivity index (χ1v) is 7.30. The van der Waals surface area contributed by atoms with E-state index in [-0.39, 0.29) is 5.41 Å². The molecule has 3 nitrogen and oxygen atoms in total. The second kappa shape index (κ2) is 5.91. The highest BCUT2D eigenvalue weighted by atomic mass is 35.5. The molecule has 0 saturated carbocycles. The largest absolute Gasteiger partial charge is 0.370 e. The molecule has 4 heteroatoms. The molecule has 2 rings (SSSR count). The van der Waals surface area contributed by atoms with Crippen LogP contribution in [0.15, 0.2) is 17.7 Å². The van der Waals surface area contributed by atoms with Crippen LogP contribution in [0.4, 0.5) is 5.82 Å². The minimum absolute atomic E-state index is 0.0880. The summed E-state index contributed by atoms with van der Waals surface area (Å²) < 4.78 is 0. The lowest BCUT2D eigenvalue weighted by Gasteiger charge is -2.17. The molecule has 19 heavy (non-hydrogen) atoms. The number of nitrogens with one attached hydrogen (secondary N) is 1. The van der Waals surface area contributed by atoms with Crippen molar-refractivity contribution in [3.63, 3.8) is 0 Å². The molecule has 1 N–H and O–H groups in total. The average Bonchev–Trinajstić information content (AvgIpc) is 2.80. The van der Waals surface area contributed by atoms with Crippen molar-refractivity contribution in [3.05, 3.63) is 28.7 Å². The fourth-order valence-corrected chi connectivity index (χ4v) is 2.34. The number of anilines is 1. The highest BCUT2D eigenvalue weighted by Gasteiger charge is 2.18. The van der Waals surface area contributed by atoms with Crippen molar-refractivity contribution in [2.24, 2.45) is 0 Å². The summed E-state index contributed by atoms with van der Waals surface area (Å²) in [5.41, 5.74) is 1.47. The molecule has 0 unspecified atom stereocenters. The molecule has 1 aromatic rings. The van der Waals surface area contributed by atoms with Gasteiger partial charge in [-0.25, -0.2) is 9.97 Å². The predicted octanol–water partition coefficient (Wildman–Crippen LogP) is 4.34. The van der Waals surface area contributed by atoms with Gasteiger partial charge in [-0.05, 0) is 25.7 Å². The number of rotatable bonds is 4. The van der Waals surface area contributed by atoms with Crippen molar-refractivity contribution in [3.8, 4) is 0 Å². The standard InChI is InChI=1S/C15H22ClN3/c1-15(2,3)14-18-12(16)10-13(19-14)17-9-8-11-6-4-5-7-11/h6,10H,4-5,7-9H2,1-3H3,(H,17,18,19). The molecule has 0 atom stereocenters. The Hall–Kier alpha value is -1.09. The molecular weight excluding hydrogens is 258 g/mol. The number of hydrogen-bond donors (Lipinski definition) is 1. The first-order chi connectivity index (χ1) is 8.95. The van der Waals surface area contributed by atoms with E-state index in [0.29, 0.717) is 5.15 Å². The van der Waals surface area contributed by atoms with Gasteiger partial charge in [-0.15, -0.1) is 0 Å². The van der Waals surface area contributed by atoms with Crippen molar-refractivity contribution >= 4 is 17.4 Å². The van der Waals surface area contributed by atoms with Crippen LogP contribution < -0.4 is 5.32 Å². The van der Waals surface area contributed by atoms with Gasteiger partial charge in [0.1, 0.15) is 16.8 Å². The summed E-state index contributed by atoms with van der Waals surface area (Å²) in [6.07, 6.45) is 7.24. The maximum absolute atomic E-state index is 6.06. The number of hydrogen-bond acceptors (Lipinski definition) is 3. The van der Waals surface area contributed by atoms with Gasteiger partial charge in [-0.2, -0.15) is 0 Å². The third-order valence-electron chi connectivity index (χ3n) is 3.25. The van der Waals surface area contributed by atoms with Crippen LogP contribution in [0.5, 0.6) is 0 Å². The van der Waals surface area contributed by atoms with Gasteiger partial charge in [0.05, 0.1) is 0 Å². The van der Waals surface area contributed by atoms with Crippen LogP contribution in [0.2, 0.25) is 5.15 Å². The molecule has 0 saturated heterocycles. The van der Waals surface area contributed by atoms with Gasteiger partial charge in [-0.1, -0.05) is 44.0 Å². The zero-order valence-corrected chi connectivity index (χ0v) is 12.7. The van der Waals surface area contributed by atoms with Gasteiger partial charge >= 0.3 is 0 Å². The Morgan fingerprint density at radius 3 is 2.74 bits per heavy atom. The summed E-state index contributed by atoms with van der Waals surface area (Å²) in [7, 11) is 0. The van der Waals surface area contributed by atoms with E-state index < -0.39 is 0 Å². The Labute approximate surface area is 120 Å². The first-order valence-electron chi connectivity index (χ1n) is 6.92. The molecule has 0 aliphatic heterocycles. The lowest BCUT2D eigenvalue weighted by molar-refractivity contribution is 0.546. The van der Waals surface area contributed by atoms with E-state index in [1.165, 1.54) is 19.3 Å². The van der Waals surface area contributed by atoms with Crippen molar-refractivity contribution in [2.75, 3.05) is 11.9 Å². The zero-order chi connectivity index (χ0) is 13.9. The summed E-state index contributed by atoms with van der Waals surface area (Å²) in [5.74, 6) is 1.60. The van der Waals surface area contributed by atoms with Crippen LogP contribution in [0.1, 0.15) is 52.3 Å². The predicted molar refractivity (Wildman–Crippen MR) is 80.8 cm³/mol. The van der Waals surface area contributed by atoms with E-state index in [9.17, 15) is 0 Å². The van der Waals surface area contributed by atoms with E-state index in [1.807, 2.05) is 0 Å². The fraction of sp³-hybridized carbons (Fsp3) is 0.600. The second-order valence-electron chi connectivity index (χ2n) is 6.08. The van der Waals surface area contributed by atoms with Crippen LogP contribution in [0.3, 0.4) is 0 Å². The Morgan fingerprint density at radius 1 is 1.32 bits per heavy atom. The van der Waals surface area contributed by atoms with Gasteiger partial charge in [0.25, 0.3) is 0 Å². The van der Waals surface area contributed by atoms with E-state index >= 15 is 0 Å². The normalized spacial score (nSPS) is 15.5. The van der Waals surface area contributed by atoms with Crippen LogP contribution in [0.25, 0.3) is 0 Å². The quantitative estimate of drug-likeness (QED) is 0.658. The third-order valence-corrected chi connectivity index (χ3v) is 3.45. The van der Waals surface area contributed by atoms with E-state index in [0.717, 1.165) is 24.6 Å². The molecule has 0 bridgehead atoms. The number of allylic oxidation sites excluding steroid dienone is 1. The summed E-state index contributed by atoms with van der Waals surface area (Å²) in [6, 6.07) is 1.79. The number of aromatic nitrogens is 2. The highest BCUT2D eigenvalue weighted by molar-refractivity contribution is 6.29. The fourth-order valence-electron chi connectivity index (χ4n) is 2.16. The molecule has 0 spiro atoms. The Balaban J connectivity index is 1.98. The van der Waals surface area contributed by atoms with Crippen molar-refractivity contribution < 1.29 is 0 Å². The first kappa shape index (κ1) is 14.3. The summed E-state index contributed by atoms with van der Waals surface area (Å²) in [5, 5.41) is 3.85. The molecule has 1 aromatic heterocycles. The maximum Gasteiger partial charge on any atom is 0.137 e. The Kier molecular flexibility index (Phi) is 4.46. The number of halogens is 1. The van der Waals surface area contributed by atoms with E-state index in [1.54, 1.807) is 11.6 Å². The molecule has 1 aliphatic carbocycles. The Morgan fingerprint density at radius 2 is 2.11 bits per heavy atom. The van der Waals surface area contributed by atoms with Gasteiger partial charge in [0.2, 0.25) is 0 Å². The Bertz CT molecular complexity index is 475. The summed E-state index contributed by atoms with van der Waals surface area (Å²) in [6.45, 7) is 7.17. The molecule has 1 aliphatic rings. The van der Waals surface area contributed by atoms with Crippen LogP contribution in [-0.4, -0.2) is 16.5 Å². The van der Waals surface area contributed by atoms with Crippen molar-refractivity contribution in [2.45, 2.75) is 51.9 Å². The summed E-state index contributed by atoms with van der Waals surface area (Å²) in [4.78, 5) is 8.84. The highest BCUT2D eigenvalue weighted by Crippen LogP contribution is 2.23. The molecular formula is C15H22ClN3. The van der Waals surface area contributed by atoms with E-state index in [4.69, 9.17) is 11.6 Å². The molecule has 1 heterocycles. The molecule has 0 amide bonds. The molecule has 104 valence electrons. The topological polar surface area (TPSA) is 37.8 Å². The monoisotopic (exact) mass is 279 g/mol. The smallest absolute Gasteiger partial charge is 0.137 e. The van der Waals surface area contributed by atoms with Crippen LogP contribution in [0, 0.1) is 0 Å². The number of nitrogens with zero attached hydrogens (tertiary/aromatic N) is 2. The average molecular weight is 280 g/mol. The zero-order valence-electron chi connectivity index (χ0n) is 12.0. The van der Waals surface area contributed by atoms with Gasteiger partial charge in [0, 0.05) is 18.0 Å². The van der Waals surface area contributed by atoms with Gasteiger partial charge in [0.15, 0.2) is 0 Å². The SMILES string of the molecule is CC(C)(C)c1nc(Cl)cc(NCCC2=CCCC2)n1. The van der Waals surface area contributed by atoms with Crippen LogP contribution in [-0.2, 0) is 5.41 Å². The molecule has 0 radical (unpaired) electrons. The van der Waals surface area contributed by atoms with Crippen molar-refractivity contribution in [1.29, 1.82) is 0 Å². The lowest BCUT2D eigenvalue weighted by atomic mass is 9.96. The van der Waals surface area contributed by atoms with Gasteiger partial charge < -0.3 is 5.32 Å². The van der Waals surface area contributed by atoms with Crippen molar-refractivity contribution in [1.82, 2.24) is 9.97 Å².